The van der Waals surface area contributed by atoms with Gasteiger partial charge in [-0.05, 0) is 6.42 Å². The van der Waals surface area contributed by atoms with E-state index in [9.17, 15) is 9.59 Å². The van der Waals surface area contributed by atoms with Crippen LogP contribution in [0.4, 0.5) is 0 Å². The summed E-state index contributed by atoms with van der Waals surface area (Å²) in [5.74, 6) is -0.629. The highest BCUT2D eigenvalue weighted by atomic mass is 16.5. The van der Waals surface area contributed by atoms with Gasteiger partial charge in [0.25, 0.3) is 0 Å². The van der Waals surface area contributed by atoms with Crippen molar-refractivity contribution in [2.45, 2.75) is 19.1 Å². The SMILES string of the molecule is COCc1c(C(=O)OC)nnn1C1CCN(C)C1=O. The van der Waals surface area contributed by atoms with Gasteiger partial charge >= 0.3 is 5.97 Å². The summed E-state index contributed by atoms with van der Waals surface area (Å²) >= 11 is 0. The molecule has 8 heteroatoms. The number of ether oxygens (including phenoxy) is 2. The van der Waals surface area contributed by atoms with E-state index in [0.717, 1.165) is 0 Å². The molecular formula is C11H16N4O4. The molecule has 0 N–H and O–H groups in total. The Labute approximate surface area is 110 Å². The predicted octanol–water partition coefficient (Wildman–Crippen LogP) is -0.386. The van der Waals surface area contributed by atoms with Crippen LogP contribution in [0, 0.1) is 0 Å². The topological polar surface area (TPSA) is 86.6 Å². The predicted molar refractivity (Wildman–Crippen MR) is 63.4 cm³/mol. The molecule has 0 spiro atoms. The molecule has 1 atom stereocenters. The summed E-state index contributed by atoms with van der Waals surface area (Å²) in [7, 11) is 4.50. The highest BCUT2D eigenvalue weighted by Gasteiger charge is 2.34. The van der Waals surface area contributed by atoms with Crippen molar-refractivity contribution in [2.24, 2.45) is 0 Å². The van der Waals surface area contributed by atoms with Crippen LogP contribution < -0.4 is 0 Å². The van der Waals surface area contributed by atoms with Crippen molar-refractivity contribution >= 4 is 11.9 Å². The first-order valence-electron chi connectivity index (χ1n) is 5.86. The van der Waals surface area contributed by atoms with E-state index in [0.29, 0.717) is 18.7 Å². The molecule has 1 aliphatic heterocycles. The summed E-state index contributed by atoms with van der Waals surface area (Å²) in [5.41, 5.74) is 0.551. The maximum Gasteiger partial charge on any atom is 0.360 e. The first-order chi connectivity index (χ1) is 9.10. The molecule has 19 heavy (non-hydrogen) atoms. The highest BCUT2D eigenvalue weighted by Crippen LogP contribution is 2.24. The summed E-state index contributed by atoms with van der Waals surface area (Å²) in [6, 6.07) is -0.430. The average molecular weight is 268 g/mol. The molecule has 1 aromatic heterocycles. The Bertz CT molecular complexity index is 499. The van der Waals surface area contributed by atoms with Gasteiger partial charge in [-0.25, -0.2) is 9.48 Å². The fraction of sp³-hybridized carbons (Fsp3) is 0.636. The van der Waals surface area contributed by atoms with Crippen molar-refractivity contribution in [3.63, 3.8) is 0 Å². The van der Waals surface area contributed by atoms with Crippen LogP contribution in [0.1, 0.15) is 28.6 Å². The molecule has 2 heterocycles. The lowest BCUT2D eigenvalue weighted by atomic mass is 10.2. The summed E-state index contributed by atoms with van der Waals surface area (Å²) in [6.07, 6.45) is 0.635. The largest absolute Gasteiger partial charge is 0.464 e. The van der Waals surface area contributed by atoms with Crippen LogP contribution >= 0.6 is 0 Å². The van der Waals surface area contributed by atoms with Crippen LogP contribution in [-0.2, 0) is 20.9 Å². The number of aromatic nitrogens is 3. The maximum atomic E-state index is 12.0. The lowest BCUT2D eigenvalue weighted by molar-refractivity contribution is -0.129. The van der Waals surface area contributed by atoms with Gasteiger partial charge in [-0.3, -0.25) is 4.79 Å². The smallest absolute Gasteiger partial charge is 0.360 e. The fourth-order valence-electron chi connectivity index (χ4n) is 2.12. The highest BCUT2D eigenvalue weighted by molar-refractivity contribution is 5.88. The quantitative estimate of drug-likeness (QED) is 0.691. The van der Waals surface area contributed by atoms with Gasteiger partial charge in [0.1, 0.15) is 11.7 Å². The Kier molecular flexibility index (Phi) is 3.79. The van der Waals surface area contributed by atoms with E-state index < -0.39 is 12.0 Å². The van der Waals surface area contributed by atoms with Crippen LogP contribution in [0.2, 0.25) is 0 Å². The monoisotopic (exact) mass is 268 g/mol. The van der Waals surface area contributed by atoms with Crippen LogP contribution in [0.5, 0.6) is 0 Å². The van der Waals surface area contributed by atoms with Crippen molar-refractivity contribution in [1.82, 2.24) is 19.9 Å². The second kappa shape index (κ2) is 5.35. The van der Waals surface area contributed by atoms with Gasteiger partial charge < -0.3 is 14.4 Å². The number of likely N-dealkylation sites (tertiary alicyclic amines) is 1. The van der Waals surface area contributed by atoms with Crippen LogP contribution in [0.25, 0.3) is 0 Å². The van der Waals surface area contributed by atoms with Crippen molar-refractivity contribution in [3.8, 4) is 0 Å². The van der Waals surface area contributed by atoms with E-state index in [4.69, 9.17) is 4.74 Å². The molecule has 1 fully saturated rings. The standard InChI is InChI=1S/C11H16N4O4/c1-14-5-4-7(10(14)16)15-8(6-18-2)9(12-13-15)11(17)19-3/h7H,4-6H2,1-3H3. The zero-order valence-corrected chi connectivity index (χ0v) is 11.1. The lowest BCUT2D eigenvalue weighted by Crippen LogP contribution is -2.26. The van der Waals surface area contributed by atoms with E-state index in [1.165, 1.54) is 18.9 Å². The van der Waals surface area contributed by atoms with Crippen molar-refractivity contribution in [1.29, 1.82) is 0 Å². The number of hydrogen-bond donors (Lipinski definition) is 0. The molecule has 2 rings (SSSR count). The molecule has 1 aliphatic rings. The van der Waals surface area contributed by atoms with E-state index in [-0.39, 0.29) is 18.2 Å². The average Bonchev–Trinajstić information content (AvgIpc) is 2.95. The van der Waals surface area contributed by atoms with Gasteiger partial charge in [-0.15, -0.1) is 5.10 Å². The van der Waals surface area contributed by atoms with Gasteiger partial charge in [0, 0.05) is 20.7 Å². The lowest BCUT2D eigenvalue weighted by Gasteiger charge is -2.13. The number of methoxy groups -OCH3 is 2. The number of carbonyl (C=O) groups is 2. The molecule has 0 radical (unpaired) electrons. The number of nitrogens with zero attached hydrogens (tertiary/aromatic N) is 4. The molecule has 1 saturated heterocycles. The zero-order valence-electron chi connectivity index (χ0n) is 11.1. The Morgan fingerprint density at radius 2 is 2.21 bits per heavy atom. The van der Waals surface area contributed by atoms with Crippen LogP contribution in [0.15, 0.2) is 0 Å². The van der Waals surface area contributed by atoms with Crippen LogP contribution in [-0.4, -0.2) is 59.6 Å². The van der Waals surface area contributed by atoms with Gasteiger partial charge in [0.15, 0.2) is 5.69 Å². The number of rotatable bonds is 4. The second-order valence-electron chi connectivity index (χ2n) is 4.32. The molecule has 104 valence electrons. The van der Waals surface area contributed by atoms with Gasteiger partial charge in [-0.2, -0.15) is 0 Å². The van der Waals surface area contributed by atoms with E-state index in [1.54, 1.807) is 11.9 Å². The number of carbonyl (C=O) groups excluding carboxylic acids is 2. The molecule has 0 aromatic carbocycles. The Morgan fingerprint density at radius 1 is 1.47 bits per heavy atom. The third-order valence-corrected chi connectivity index (χ3v) is 3.15. The number of amides is 1. The molecule has 8 nitrogen and oxygen atoms in total. The second-order valence-corrected chi connectivity index (χ2v) is 4.32. The molecule has 0 bridgehead atoms. The molecular weight excluding hydrogens is 252 g/mol. The van der Waals surface area contributed by atoms with Crippen molar-refractivity contribution < 1.29 is 19.1 Å². The van der Waals surface area contributed by atoms with Gasteiger partial charge in [0.05, 0.1) is 13.7 Å². The van der Waals surface area contributed by atoms with Gasteiger partial charge in [-0.1, -0.05) is 5.21 Å². The maximum absolute atomic E-state index is 12.0. The summed E-state index contributed by atoms with van der Waals surface area (Å²) in [4.78, 5) is 25.2. The summed E-state index contributed by atoms with van der Waals surface area (Å²) in [6.45, 7) is 0.800. The molecule has 1 unspecified atom stereocenters. The number of hydrogen-bond acceptors (Lipinski definition) is 6. The van der Waals surface area contributed by atoms with E-state index in [1.807, 2.05) is 0 Å². The Morgan fingerprint density at radius 3 is 2.74 bits per heavy atom. The zero-order chi connectivity index (χ0) is 14.0. The minimum Gasteiger partial charge on any atom is -0.464 e. The minimum absolute atomic E-state index is 0.0429. The summed E-state index contributed by atoms with van der Waals surface area (Å²) in [5, 5.41) is 7.71. The van der Waals surface area contributed by atoms with Crippen LogP contribution in [0.3, 0.4) is 0 Å². The fourth-order valence-corrected chi connectivity index (χ4v) is 2.12. The first-order valence-corrected chi connectivity index (χ1v) is 5.86. The third kappa shape index (κ3) is 2.30. The van der Waals surface area contributed by atoms with E-state index >= 15 is 0 Å². The first kappa shape index (κ1) is 13.5. The summed E-state index contributed by atoms with van der Waals surface area (Å²) < 4.78 is 11.2. The molecule has 1 aromatic rings. The number of likely N-dealkylation sites (N-methyl/N-ethyl adjacent to an activating group) is 1. The van der Waals surface area contributed by atoms with Crippen molar-refractivity contribution in [2.75, 3.05) is 27.8 Å². The molecule has 0 saturated carbocycles. The normalized spacial score (nSPS) is 19.0. The van der Waals surface area contributed by atoms with Crippen molar-refractivity contribution in [3.05, 3.63) is 11.4 Å². The molecule has 1 amide bonds. The minimum atomic E-state index is -0.586. The van der Waals surface area contributed by atoms with E-state index in [2.05, 4.69) is 15.0 Å². The van der Waals surface area contributed by atoms with Gasteiger partial charge in [0.2, 0.25) is 5.91 Å². The Hall–Kier alpha value is -1.96. The molecule has 0 aliphatic carbocycles. The number of esters is 1. The third-order valence-electron chi connectivity index (χ3n) is 3.15. The Balaban J connectivity index is 2.38.